The summed E-state index contributed by atoms with van der Waals surface area (Å²) in [5.41, 5.74) is 0.845. The van der Waals surface area contributed by atoms with Gasteiger partial charge in [-0.1, -0.05) is 25.1 Å². The van der Waals surface area contributed by atoms with E-state index in [0.29, 0.717) is 12.5 Å². The van der Waals surface area contributed by atoms with Gasteiger partial charge in [0.15, 0.2) is 0 Å². The van der Waals surface area contributed by atoms with E-state index in [1.807, 2.05) is 30.7 Å². The van der Waals surface area contributed by atoms with Gasteiger partial charge < -0.3 is 10.3 Å². The molecular weight excluding hydrogens is 381 g/mol. The van der Waals surface area contributed by atoms with Crippen LogP contribution in [0, 0.1) is 6.20 Å². The van der Waals surface area contributed by atoms with Crippen molar-refractivity contribution in [3.05, 3.63) is 49.2 Å². The Morgan fingerprint density at radius 3 is 2.61 bits per heavy atom. The normalized spacial score (nSPS) is 16.2. The third-order valence-corrected chi connectivity index (χ3v) is 5.12. The van der Waals surface area contributed by atoms with Crippen LogP contribution in [0.25, 0.3) is 0 Å². The molecule has 8 heteroatoms. The predicted octanol–water partition coefficient (Wildman–Crippen LogP) is 1.08. The second kappa shape index (κ2) is 12.2. The van der Waals surface area contributed by atoms with Gasteiger partial charge in [0.05, 0.1) is 11.9 Å². The molecule has 1 saturated carbocycles. The van der Waals surface area contributed by atoms with Crippen LogP contribution >= 0.6 is 11.8 Å². The van der Waals surface area contributed by atoms with Crippen LogP contribution in [-0.2, 0) is 4.79 Å². The minimum absolute atomic E-state index is 0. The molecule has 0 aromatic carbocycles. The van der Waals surface area contributed by atoms with Crippen molar-refractivity contribution in [3.63, 3.8) is 0 Å². The topological polar surface area (TPSA) is 71.0 Å². The molecule has 0 unspecified atom stereocenters. The largest absolute Gasteiger partial charge is 1.00 e. The average Bonchev–Trinajstić information content (AvgIpc) is 3.23. The number of pyridine rings is 1. The number of aromatic nitrogens is 3. The van der Waals surface area contributed by atoms with E-state index in [2.05, 4.69) is 26.5 Å². The molecule has 2 aromatic heterocycles. The Morgan fingerprint density at radius 1 is 1.21 bits per heavy atom. The zero-order valence-electron chi connectivity index (χ0n) is 16.5. The number of allylic oxidation sites excluding steroid dienone is 1. The molecule has 1 fully saturated rings. The van der Waals surface area contributed by atoms with E-state index < -0.39 is 0 Å². The summed E-state index contributed by atoms with van der Waals surface area (Å²) < 4.78 is 0. The van der Waals surface area contributed by atoms with E-state index >= 15 is 0 Å². The van der Waals surface area contributed by atoms with E-state index in [-0.39, 0.29) is 35.5 Å². The molecule has 0 bridgehead atoms. The van der Waals surface area contributed by atoms with E-state index in [0.717, 1.165) is 23.0 Å². The van der Waals surface area contributed by atoms with Gasteiger partial charge in [0.2, 0.25) is 5.91 Å². The number of carbonyl (C=O) groups excluding carboxylic acids is 1. The third-order valence-electron chi connectivity index (χ3n) is 4.49. The fourth-order valence-corrected chi connectivity index (χ4v) is 3.39. The van der Waals surface area contributed by atoms with Crippen molar-refractivity contribution in [1.82, 2.24) is 15.0 Å². The zero-order valence-corrected chi connectivity index (χ0v) is 19.3. The van der Waals surface area contributed by atoms with Gasteiger partial charge in [-0.2, -0.15) is 0 Å². The monoisotopic (exact) mass is 405 g/mol. The Bertz CT molecular complexity index is 751. The first-order valence-corrected chi connectivity index (χ1v) is 10.4. The molecule has 0 saturated heterocycles. The molecule has 1 amide bonds. The quantitative estimate of drug-likeness (QED) is 0.466. The Labute approximate surface area is 192 Å². The Kier molecular flexibility index (Phi) is 9.98. The van der Waals surface area contributed by atoms with Crippen LogP contribution in [0.4, 0.5) is 11.5 Å². The van der Waals surface area contributed by atoms with Crippen molar-refractivity contribution in [2.45, 2.75) is 49.6 Å². The van der Waals surface area contributed by atoms with Gasteiger partial charge in [-0.3, -0.25) is 14.7 Å². The number of anilines is 2. The second-order valence-corrected chi connectivity index (χ2v) is 7.23. The standard InChI is InChI=1S/C15H19N3O.C5H5N2S.Na/c19-15-7-3-4-10-18(15)13-8-9-14(16-11-13)17-12-5-1-2-6-12;1-8-5-4-6-2-3-7-5;/h4,8-12H,1-3,5-7H2,(H,16,17);3-4H,1H3;/q;-1;+1. The molecule has 2 aromatic rings. The van der Waals surface area contributed by atoms with Gasteiger partial charge in [-0.05, 0) is 43.8 Å². The Balaban J connectivity index is 0.000000264. The maximum Gasteiger partial charge on any atom is 1.00 e. The van der Waals surface area contributed by atoms with Crippen LogP contribution < -0.4 is 39.8 Å². The molecule has 0 atom stereocenters. The molecule has 4 rings (SSSR count). The number of rotatable bonds is 4. The van der Waals surface area contributed by atoms with Crippen molar-refractivity contribution in [3.8, 4) is 0 Å². The summed E-state index contributed by atoms with van der Waals surface area (Å²) in [5, 5.41) is 4.38. The molecule has 3 heterocycles. The fraction of sp³-hybridized carbons (Fsp3) is 0.400. The van der Waals surface area contributed by atoms with Crippen LogP contribution in [0.2, 0.25) is 0 Å². The molecule has 0 radical (unpaired) electrons. The molecule has 142 valence electrons. The summed E-state index contributed by atoms with van der Waals surface area (Å²) in [6.07, 6.45) is 19.9. The number of amides is 1. The molecular formula is C20H24N5NaOS. The molecule has 1 aliphatic heterocycles. The van der Waals surface area contributed by atoms with Gasteiger partial charge in [-0.25, -0.2) is 4.98 Å². The van der Waals surface area contributed by atoms with Crippen LogP contribution in [0.5, 0.6) is 0 Å². The van der Waals surface area contributed by atoms with E-state index in [1.54, 1.807) is 35.3 Å². The second-order valence-electron chi connectivity index (χ2n) is 6.40. The van der Waals surface area contributed by atoms with Gasteiger partial charge >= 0.3 is 29.6 Å². The zero-order chi connectivity index (χ0) is 18.9. The number of nitrogens with zero attached hydrogens (tertiary/aromatic N) is 4. The van der Waals surface area contributed by atoms with Gasteiger partial charge in [0.25, 0.3) is 0 Å². The first kappa shape index (κ1) is 22.9. The molecule has 6 nitrogen and oxygen atoms in total. The SMILES string of the molecule is CSc1cn[c-]cn1.O=C1CCC=CN1c1ccc(NC2CCCC2)nc1.[Na+]. The summed E-state index contributed by atoms with van der Waals surface area (Å²) in [4.78, 5) is 25.6. The molecule has 28 heavy (non-hydrogen) atoms. The Hall–Kier alpha value is -1.41. The summed E-state index contributed by atoms with van der Waals surface area (Å²) in [5.74, 6) is 1.05. The third kappa shape index (κ3) is 6.88. The molecule has 0 spiro atoms. The first-order valence-electron chi connectivity index (χ1n) is 9.19. The maximum absolute atomic E-state index is 11.8. The van der Waals surface area contributed by atoms with Gasteiger partial charge in [0, 0.05) is 23.7 Å². The number of nitrogens with one attached hydrogen (secondary N) is 1. The van der Waals surface area contributed by atoms with E-state index in [4.69, 9.17) is 0 Å². The van der Waals surface area contributed by atoms with E-state index in [9.17, 15) is 4.79 Å². The van der Waals surface area contributed by atoms with Crippen LogP contribution in [0.3, 0.4) is 0 Å². The minimum atomic E-state index is 0. The average molecular weight is 406 g/mol. The fourth-order valence-electron chi connectivity index (χ4n) is 3.07. The number of hydrogen-bond donors (Lipinski definition) is 1. The number of carbonyl (C=O) groups is 1. The summed E-state index contributed by atoms with van der Waals surface area (Å²) >= 11 is 1.58. The van der Waals surface area contributed by atoms with Crippen molar-refractivity contribution in [1.29, 1.82) is 0 Å². The molecule has 1 N–H and O–H groups in total. The Morgan fingerprint density at radius 2 is 2.04 bits per heavy atom. The predicted molar refractivity (Wildman–Crippen MR) is 109 cm³/mol. The molecule has 2 aliphatic rings. The number of hydrogen-bond acceptors (Lipinski definition) is 6. The summed E-state index contributed by atoms with van der Waals surface area (Å²) in [6.45, 7) is 0. The van der Waals surface area contributed by atoms with Gasteiger partial charge in [0.1, 0.15) is 5.82 Å². The van der Waals surface area contributed by atoms with Crippen molar-refractivity contribution in [2.75, 3.05) is 16.5 Å². The first-order chi connectivity index (χ1) is 13.3. The van der Waals surface area contributed by atoms with Crippen molar-refractivity contribution >= 4 is 29.2 Å². The van der Waals surface area contributed by atoms with Crippen molar-refractivity contribution in [2.24, 2.45) is 0 Å². The smallest absolute Gasteiger partial charge is 0.455 e. The van der Waals surface area contributed by atoms with Crippen molar-refractivity contribution < 1.29 is 34.4 Å². The van der Waals surface area contributed by atoms with Gasteiger partial charge in [-0.15, -0.1) is 18.0 Å². The van der Waals surface area contributed by atoms with Crippen LogP contribution in [0.15, 0.2) is 48.0 Å². The van der Waals surface area contributed by atoms with Crippen LogP contribution in [0.1, 0.15) is 38.5 Å². The summed E-state index contributed by atoms with van der Waals surface area (Å²) in [6, 6.07) is 4.48. The summed E-state index contributed by atoms with van der Waals surface area (Å²) in [7, 11) is 0. The number of thioether (sulfide) groups is 1. The maximum atomic E-state index is 11.8. The molecule has 1 aliphatic carbocycles. The van der Waals surface area contributed by atoms with Crippen LogP contribution in [-0.4, -0.2) is 33.2 Å². The minimum Gasteiger partial charge on any atom is -0.455 e. The van der Waals surface area contributed by atoms with E-state index in [1.165, 1.54) is 25.7 Å².